The Hall–Kier alpha value is -0.610. The predicted octanol–water partition coefficient (Wildman–Crippen LogP) is 5.04. The van der Waals surface area contributed by atoms with Crippen molar-refractivity contribution in [3.63, 3.8) is 0 Å². The highest BCUT2D eigenvalue weighted by molar-refractivity contribution is 7.16. The molecule has 0 saturated carbocycles. The van der Waals surface area contributed by atoms with Gasteiger partial charge in [-0.3, -0.25) is 0 Å². The average molecular weight is 304 g/mol. The molecule has 0 radical (unpaired) electrons. The van der Waals surface area contributed by atoms with Crippen molar-refractivity contribution in [3.05, 3.63) is 55.9 Å². The van der Waals surface area contributed by atoms with Crippen molar-refractivity contribution in [1.29, 1.82) is 0 Å². The molecule has 0 aliphatic rings. The molecule has 2 rings (SSSR count). The fraction of sp³-hybridized carbons (Fsp3) is 0.231. The zero-order valence-electron chi connectivity index (χ0n) is 9.71. The lowest BCUT2D eigenvalue weighted by molar-refractivity contribution is 0.575. The van der Waals surface area contributed by atoms with Crippen molar-refractivity contribution >= 4 is 34.5 Å². The molecule has 1 aromatic heterocycles. The summed E-state index contributed by atoms with van der Waals surface area (Å²) >= 11 is 13.2. The highest BCUT2D eigenvalue weighted by Gasteiger charge is 2.08. The maximum Gasteiger partial charge on any atom is 0.141 e. The minimum Gasteiger partial charge on any atom is -0.305 e. The molecule has 5 heteroatoms. The summed E-state index contributed by atoms with van der Waals surface area (Å²) in [5.41, 5.74) is 0.962. The van der Waals surface area contributed by atoms with Crippen LogP contribution in [0.15, 0.2) is 30.3 Å². The Balaban J connectivity index is 1.99. The van der Waals surface area contributed by atoms with Gasteiger partial charge in [-0.1, -0.05) is 29.3 Å². The van der Waals surface area contributed by atoms with E-state index in [0.717, 1.165) is 16.4 Å². The largest absolute Gasteiger partial charge is 0.305 e. The molecule has 1 N–H and O–H groups in total. The molecule has 0 spiro atoms. The van der Waals surface area contributed by atoms with E-state index in [1.807, 2.05) is 19.1 Å². The van der Waals surface area contributed by atoms with Crippen molar-refractivity contribution < 1.29 is 4.39 Å². The van der Waals surface area contributed by atoms with Crippen molar-refractivity contribution in [3.8, 4) is 0 Å². The fourth-order valence-corrected chi connectivity index (χ4v) is 2.83. The lowest BCUT2D eigenvalue weighted by Crippen LogP contribution is -2.17. The van der Waals surface area contributed by atoms with E-state index in [0.29, 0.717) is 0 Å². The number of benzene rings is 1. The van der Waals surface area contributed by atoms with Crippen molar-refractivity contribution in [2.75, 3.05) is 0 Å². The van der Waals surface area contributed by atoms with E-state index >= 15 is 0 Å². The molecule has 0 amide bonds. The van der Waals surface area contributed by atoms with Gasteiger partial charge in [-0.05, 0) is 36.8 Å². The minimum atomic E-state index is -0.391. The monoisotopic (exact) mass is 303 g/mol. The van der Waals surface area contributed by atoms with Crippen LogP contribution in [0, 0.1) is 5.82 Å². The Morgan fingerprint density at radius 2 is 2.06 bits per heavy atom. The summed E-state index contributed by atoms with van der Waals surface area (Å²) in [6.45, 7) is 2.74. The third-order valence-corrected chi connectivity index (χ3v) is 4.18. The number of thiophene rings is 1. The van der Waals surface area contributed by atoms with Gasteiger partial charge in [0.1, 0.15) is 5.82 Å². The van der Waals surface area contributed by atoms with E-state index < -0.39 is 5.82 Å². The first-order valence-electron chi connectivity index (χ1n) is 5.49. The highest BCUT2D eigenvalue weighted by Crippen LogP contribution is 2.23. The molecule has 1 aromatic carbocycles. The van der Waals surface area contributed by atoms with Gasteiger partial charge in [-0.2, -0.15) is 0 Å². The van der Waals surface area contributed by atoms with E-state index in [1.54, 1.807) is 23.5 Å². The third-order valence-electron chi connectivity index (χ3n) is 2.65. The Morgan fingerprint density at radius 3 is 2.67 bits per heavy atom. The molecule has 0 bridgehead atoms. The van der Waals surface area contributed by atoms with E-state index in [2.05, 4.69) is 5.32 Å². The van der Waals surface area contributed by atoms with Crippen LogP contribution in [0.2, 0.25) is 9.36 Å². The highest BCUT2D eigenvalue weighted by atomic mass is 35.5. The lowest BCUT2D eigenvalue weighted by atomic mass is 10.1. The summed E-state index contributed by atoms with van der Waals surface area (Å²) in [6, 6.07) is 8.74. The maximum absolute atomic E-state index is 13.1. The van der Waals surface area contributed by atoms with Gasteiger partial charge in [-0.15, -0.1) is 11.3 Å². The fourth-order valence-electron chi connectivity index (χ4n) is 1.60. The second kappa shape index (κ2) is 6.02. The van der Waals surface area contributed by atoms with E-state index in [4.69, 9.17) is 23.2 Å². The Kier molecular flexibility index (Phi) is 4.62. The van der Waals surface area contributed by atoms with Gasteiger partial charge in [0.05, 0.1) is 9.36 Å². The van der Waals surface area contributed by atoms with Crippen LogP contribution < -0.4 is 5.32 Å². The Labute approximate surface area is 120 Å². The molecule has 1 unspecified atom stereocenters. The van der Waals surface area contributed by atoms with Crippen LogP contribution >= 0.6 is 34.5 Å². The van der Waals surface area contributed by atoms with Gasteiger partial charge < -0.3 is 5.32 Å². The lowest BCUT2D eigenvalue weighted by Gasteiger charge is -2.14. The maximum atomic E-state index is 13.1. The van der Waals surface area contributed by atoms with Crippen LogP contribution in [0.5, 0.6) is 0 Å². The molecule has 18 heavy (non-hydrogen) atoms. The van der Waals surface area contributed by atoms with E-state index in [1.165, 1.54) is 10.9 Å². The third kappa shape index (κ3) is 3.45. The van der Waals surface area contributed by atoms with Gasteiger partial charge in [0.2, 0.25) is 0 Å². The van der Waals surface area contributed by atoms with E-state index in [9.17, 15) is 4.39 Å². The SMILES string of the molecule is CC(NCc1ccc(Cl)s1)c1ccc(F)c(Cl)c1. The summed E-state index contributed by atoms with van der Waals surface area (Å²) in [6.07, 6.45) is 0. The molecule has 0 fully saturated rings. The molecule has 2 aromatic rings. The number of hydrogen-bond acceptors (Lipinski definition) is 2. The standard InChI is InChI=1S/C13H12Cl2FNS/c1-8(9-2-4-12(16)11(14)6-9)17-7-10-3-5-13(15)18-10/h2-6,8,17H,7H2,1H3. The van der Waals surface area contributed by atoms with Crippen molar-refractivity contribution in [1.82, 2.24) is 5.32 Å². The second-order valence-corrected chi connectivity index (χ2v) is 6.19. The molecule has 96 valence electrons. The van der Waals surface area contributed by atoms with Gasteiger partial charge in [0, 0.05) is 17.5 Å². The van der Waals surface area contributed by atoms with Gasteiger partial charge in [-0.25, -0.2) is 4.39 Å². The summed E-state index contributed by atoms with van der Waals surface area (Å²) < 4.78 is 13.8. The molecule has 1 nitrogen and oxygen atoms in total. The van der Waals surface area contributed by atoms with E-state index in [-0.39, 0.29) is 11.1 Å². The number of hydrogen-bond donors (Lipinski definition) is 1. The first kappa shape index (κ1) is 13.8. The normalized spacial score (nSPS) is 12.7. The summed E-state index contributed by atoms with van der Waals surface area (Å²) in [7, 11) is 0. The molecule has 0 aliphatic carbocycles. The first-order valence-corrected chi connectivity index (χ1v) is 7.06. The molecular weight excluding hydrogens is 292 g/mol. The number of nitrogens with one attached hydrogen (secondary N) is 1. The molecule has 1 atom stereocenters. The minimum absolute atomic E-state index is 0.101. The molecule has 1 heterocycles. The van der Waals surface area contributed by atoms with Gasteiger partial charge in [0.15, 0.2) is 0 Å². The number of rotatable bonds is 4. The van der Waals surface area contributed by atoms with Crippen LogP contribution in [-0.2, 0) is 6.54 Å². The zero-order valence-corrected chi connectivity index (χ0v) is 12.0. The Bertz CT molecular complexity index is 542. The van der Waals surface area contributed by atoms with Crippen molar-refractivity contribution in [2.45, 2.75) is 19.5 Å². The smallest absolute Gasteiger partial charge is 0.141 e. The van der Waals surface area contributed by atoms with Crippen LogP contribution in [0.1, 0.15) is 23.4 Å². The first-order chi connectivity index (χ1) is 8.56. The predicted molar refractivity (Wildman–Crippen MR) is 76.0 cm³/mol. The van der Waals surface area contributed by atoms with Crippen LogP contribution in [0.4, 0.5) is 4.39 Å². The zero-order chi connectivity index (χ0) is 13.1. The van der Waals surface area contributed by atoms with Gasteiger partial charge in [0.25, 0.3) is 0 Å². The van der Waals surface area contributed by atoms with Crippen LogP contribution in [0.3, 0.4) is 0 Å². The quantitative estimate of drug-likeness (QED) is 0.834. The molecule has 0 aliphatic heterocycles. The van der Waals surface area contributed by atoms with Crippen LogP contribution in [0.25, 0.3) is 0 Å². The second-order valence-electron chi connectivity index (χ2n) is 3.98. The molecule has 0 saturated heterocycles. The summed E-state index contributed by atoms with van der Waals surface area (Å²) in [4.78, 5) is 1.17. The van der Waals surface area contributed by atoms with Crippen molar-refractivity contribution in [2.24, 2.45) is 0 Å². The van der Waals surface area contributed by atoms with Crippen LogP contribution in [-0.4, -0.2) is 0 Å². The summed E-state index contributed by atoms with van der Waals surface area (Å²) in [5.74, 6) is -0.391. The Morgan fingerprint density at radius 1 is 1.28 bits per heavy atom. The topological polar surface area (TPSA) is 12.0 Å². The summed E-state index contributed by atoms with van der Waals surface area (Å²) in [5, 5.41) is 3.50. The molecular formula is C13H12Cl2FNS. The number of halogens is 3. The average Bonchev–Trinajstić information content (AvgIpc) is 2.75. The van der Waals surface area contributed by atoms with Gasteiger partial charge >= 0.3 is 0 Å².